The number of pyridine rings is 2. The number of aromatic amines is 1. The largest absolute Gasteiger partial charge is 0.390 e. The lowest BCUT2D eigenvalue weighted by Crippen LogP contribution is -2.32. The second kappa shape index (κ2) is 7.11. The normalized spacial score (nSPS) is 10.8. The van der Waals surface area contributed by atoms with Gasteiger partial charge in [-0.2, -0.15) is 10.1 Å². The zero-order valence-electron chi connectivity index (χ0n) is 12.3. The summed E-state index contributed by atoms with van der Waals surface area (Å²) in [6.07, 6.45) is 8.73. The van der Waals surface area contributed by atoms with Crippen LogP contribution in [0.1, 0.15) is 4.88 Å². The third-order valence-corrected chi connectivity index (χ3v) is 4.01. The molecule has 0 saturated heterocycles. The molecule has 0 radical (unpaired) electrons. The lowest BCUT2D eigenvalue weighted by atomic mass is 10.1. The Labute approximate surface area is 146 Å². The summed E-state index contributed by atoms with van der Waals surface area (Å²) >= 11 is 5.73. The minimum Gasteiger partial charge on any atom is -0.375 e. The number of hydrogen-bond acceptors (Lipinski definition) is 5. The first-order valence-corrected chi connectivity index (χ1v) is 8.09. The van der Waals surface area contributed by atoms with E-state index in [2.05, 4.69) is 32.7 Å². The lowest BCUT2D eigenvalue weighted by molar-refractivity contribution is -0.599. The maximum absolute atomic E-state index is 11.7. The average Bonchev–Trinajstić information content (AvgIpc) is 2.96. The molecule has 3 rings (SSSR count). The van der Waals surface area contributed by atoms with Crippen LogP contribution in [0.25, 0.3) is 16.9 Å². The molecule has 0 unspecified atom stereocenters. The van der Waals surface area contributed by atoms with Gasteiger partial charge >= 0.3 is 10.7 Å². The van der Waals surface area contributed by atoms with Gasteiger partial charge in [-0.05, 0) is 58.9 Å². The fourth-order valence-corrected chi connectivity index (χ4v) is 2.84. The Morgan fingerprint density at radius 3 is 2.62 bits per heavy atom. The lowest BCUT2D eigenvalue weighted by Gasteiger charge is -2.01. The highest BCUT2D eigenvalue weighted by Gasteiger charge is 2.16. The van der Waals surface area contributed by atoms with E-state index in [-0.39, 0.29) is 9.99 Å². The monoisotopic (exact) mass is 357 g/mol. The molecule has 3 heterocycles. The summed E-state index contributed by atoms with van der Waals surface area (Å²) < 4.78 is 1.81. The fraction of sp³-hybridized carbons (Fsp3) is 0. The predicted molar refractivity (Wildman–Crippen MR) is 97.2 cm³/mol. The average molecular weight is 357 g/mol. The molecule has 0 aliphatic heterocycles. The summed E-state index contributed by atoms with van der Waals surface area (Å²) in [5, 5.41) is 3.96. The summed E-state index contributed by atoms with van der Waals surface area (Å²) in [7, 11) is 0. The molecule has 3 aromatic rings. The van der Waals surface area contributed by atoms with Gasteiger partial charge in [0.2, 0.25) is 0 Å². The van der Waals surface area contributed by atoms with E-state index < -0.39 is 0 Å². The van der Waals surface area contributed by atoms with Gasteiger partial charge in [0.1, 0.15) is 4.88 Å². The summed E-state index contributed by atoms with van der Waals surface area (Å²) in [6, 6.07) is 7.79. The van der Waals surface area contributed by atoms with Gasteiger partial charge in [0.25, 0.3) is 0 Å². The van der Waals surface area contributed by atoms with E-state index >= 15 is 0 Å². The Morgan fingerprint density at radius 1 is 1.29 bits per heavy atom. The standard InChI is InChI=1S/C15H12N6OS2/c16-14(23)20-18-9-12-13(19-15(22)24-12)21-7-3-11(4-8-21)10-1-5-17-6-2-10/h1-9,17H,(H2,16,23)/p+1. The van der Waals surface area contributed by atoms with Crippen LogP contribution in [0.4, 0.5) is 0 Å². The number of aromatic nitrogens is 3. The number of thiazole rings is 1. The zero-order valence-corrected chi connectivity index (χ0v) is 14.0. The zero-order chi connectivity index (χ0) is 16.9. The van der Waals surface area contributed by atoms with Gasteiger partial charge < -0.3 is 5.73 Å². The third-order valence-electron chi connectivity index (χ3n) is 3.11. The second-order valence-corrected chi connectivity index (χ2v) is 6.15. The molecule has 0 aliphatic rings. The molecular formula is C15H13N6OS2+. The van der Waals surface area contributed by atoms with Gasteiger partial charge in [-0.3, -0.25) is 10.4 Å². The smallest absolute Gasteiger partial charge is 0.375 e. The highest BCUT2D eigenvalue weighted by atomic mass is 32.1. The van der Waals surface area contributed by atoms with Gasteiger partial charge in [-0.25, -0.2) is 9.36 Å². The van der Waals surface area contributed by atoms with Crippen molar-refractivity contribution in [2.75, 3.05) is 0 Å². The number of H-pyrrole nitrogens is 1. The van der Waals surface area contributed by atoms with Crippen molar-refractivity contribution < 1.29 is 4.57 Å². The Morgan fingerprint density at radius 2 is 1.96 bits per heavy atom. The van der Waals surface area contributed by atoms with Crippen molar-refractivity contribution in [3.8, 4) is 16.9 Å². The summed E-state index contributed by atoms with van der Waals surface area (Å²) in [5.41, 5.74) is 9.90. The molecule has 0 aliphatic carbocycles. The van der Waals surface area contributed by atoms with Crippen molar-refractivity contribution in [2.24, 2.45) is 10.8 Å². The summed E-state index contributed by atoms with van der Waals surface area (Å²) in [4.78, 5) is 19.0. The molecular weight excluding hydrogens is 344 g/mol. The van der Waals surface area contributed by atoms with Gasteiger partial charge in [0.15, 0.2) is 5.11 Å². The number of nitrogens with two attached hydrogens (primary N) is 1. The van der Waals surface area contributed by atoms with Gasteiger partial charge in [0, 0.05) is 12.4 Å². The van der Waals surface area contributed by atoms with Crippen LogP contribution in [0.3, 0.4) is 0 Å². The van der Waals surface area contributed by atoms with Crippen molar-refractivity contribution in [2.45, 2.75) is 0 Å². The Balaban J connectivity index is 1.91. The van der Waals surface area contributed by atoms with Crippen LogP contribution >= 0.6 is 23.6 Å². The van der Waals surface area contributed by atoms with Crippen LogP contribution in [0, 0.1) is 0 Å². The Kier molecular flexibility index (Phi) is 4.73. The molecule has 9 heteroatoms. The fourth-order valence-electron chi connectivity index (χ4n) is 2.08. The second-order valence-electron chi connectivity index (χ2n) is 4.69. The first-order valence-electron chi connectivity index (χ1n) is 6.87. The predicted octanol–water partition coefficient (Wildman–Crippen LogP) is 0.942. The van der Waals surface area contributed by atoms with E-state index in [0.29, 0.717) is 10.7 Å². The number of nitrogens with zero attached hydrogens (tertiary/aromatic N) is 3. The number of thiocarbonyl (C=S) groups is 1. The van der Waals surface area contributed by atoms with Crippen LogP contribution < -0.4 is 20.6 Å². The third kappa shape index (κ3) is 3.70. The number of nitrogens with one attached hydrogen (secondary N) is 2. The van der Waals surface area contributed by atoms with E-state index in [1.54, 1.807) is 12.4 Å². The van der Waals surface area contributed by atoms with E-state index in [9.17, 15) is 4.79 Å². The first-order chi connectivity index (χ1) is 11.6. The van der Waals surface area contributed by atoms with Crippen LogP contribution in [0.15, 0.2) is 58.9 Å². The van der Waals surface area contributed by atoms with E-state index in [1.807, 2.05) is 41.2 Å². The minimum absolute atomic E-state index is 0.0602. The molecule has 0 saturated carbocycles. The maximum Gasteiger partial charge on any atom is 0.390 e. The molecule has 3 aromatic heterocycles. The van der Waals surface area contributed by atoms with Crippen molar-refractivity contribution >= 4 is 34.9 Å². The molecule has 0 fully saturated rings. The Hall–Kier alpha value is -2.91. The Bertz CT molecular complexity index is 931. The van der Waals surface area contributed by atoms with Crippen LogP contribution in [-0.2, 0) is 0 Å². The summed E-state index contributed by atoms with van der Waals surface area (Å²) in [6.45, 7) is 0. The minimum atomic E-state index is -0.174. The quantitative estimate of drug-likeness (QED) is 0.279. The van der Waals surface area contributed by atoms with Crippen molar-refractivity contribution in [3.05, 3.63) is 63.6 Å². The van der Waals surface area contributed by atoms with E-state index in [4.69, 9.17) is 5.73 Å². The summed E-state index contributed by atoms with van der Waals surface area (Å²) in [5.74, 6) is 0.625. The SMILES string of the molecule is NC(=S)N/N=C/c1sc(=O)[nH]c1-[n+]1ccc(-c2ccncc2)cc1. The van der Waals surface area contributed by atoms with Crippen LogP contribution in [-0.4, -0.2) is 21.3 Å². The molecule has 4 N–H and O–H groups in total. The van der Waals surface area contributed by atoms with Gasteiger partial charge in [0.05, 0.1) is 18.6 Å². The molecule has 120 valence electrons. The molecule has 0 amide bonds. The van der Waals surface area contributed by atoms with Crippen LogP contribution in [0.5, 0.6) is 0 Å². The van der Waals surface area contributed by atoms with Crippen molar-refractivity contribution in [3.63, 3.8) is 0 Å². The van der Waals surface area contributed by atoms with Gasteiger partial charge in [-0.1, -0.05) is 0 Å². The molecule has 0 aromatic carbocycles. The van der Waals surface area contributed by atoms with Crippen LogP contribution in [0.2, 0.25) is 0 Å². The highest BCUT2D eigenvalue weighted by molar-refractivity contribution is 7.80. The van der Waals surface area contributed by atoms with Gasteiger partial charge in [-0.15, -0.1) is 0 Å². The first kappa shape index (κ1) is 16.0. The number of rotatable bonds is 4. The molecule has 0 atom stereocenters. The van der Waals surface area contributed by atoms with E-state index in [1.165, 1.54) is 6.21 Å². The van der Waals surface area contributed by atoms with E-state index in [0.717, 1.165) is 22.5 Å². The topological polar surface area (TPSA) is 100 Å². The van der Waals surface area contributed by atoms with Crippen molar-refractivity contribution in [1.29, 1.82) is 0 Å². The van der Waals surface area contributed by atoms with Crippen molar-refractivity contribution in [1.82, 2.24) is 15.4 Å². The molecule has 0 bridgehead atoms. The molecule has 7 nitrogen and oxygen atoms in total. The number of hydrazone groups is 1. The highest BCUT2D eigenvalue weighted by Crippen LogP contribution is 2.16. The maximum atomic E-state index is 11.7. The molecule has 24 heavy (non-hydrogen) atoms. The molecule has 0 spiro atoms. The number of hydrogen-bond donors (Lipinski definition) is 3.